The number of halogens is 1. The van der Waals surface area contributed by atoms with Crippen LogP contribution in [0.2, 0.25) is 0 Å². The van der Waals surface area contributed by atoms with Crippen LogP contribution < -0.4 is 5.32 Å². The molecule has 1 heterocycles. The van der Waals surface area contributed by atoms with Crippen LogP contribution in [-0.2, 0) is 14.4 Å². The van der Waals surface area contributed by atoms with Crippen LogP contribution in [0.15, 0.2) is 24.3 Å². The van der Waals surface area contributed by atoms with Crippen LogP contribution in [0.4, 0.5) is 10.1 Å². The molecule has 1 aromatic carbocycles. The molecule has 8 heteroatoms. The summed E-state index contributed by atoms with van der Waals surface area (Å²) in [5, 5.41) is 17.4. The first-order valence-electron chi connectivity index (χ1n) is 7.63. The smallest absolute Gasteiger partial charge is 0.414 e. The zero-order valence-electron chi connectivity index (χ0n) is 13.2. The van der Waals surface area contributed by atoms with E-state index in [1.54, 1.807) is 18.2 Å². The Morgan fingerprint density at radius 1 is 1.04 bits per heavy atom. The van der Waals surface area contributed by atoms with Crippen molar-refractivity contribution in [3.8, 4) is 0 Å². The highest BCUT2D eigenvalue weighted by Crippen LogP contribution is 2.13. The van der Waals surface area contributed by atoms with E-state index in [4.69, 9.17) is 19.8 Å². The number of nitrogens with zero attached hydrogens (tertiary/aromatic N) is 1. The number of carboxylic acids is 2. The summed E-state index contributed by atoms with van der Waals surface area (Å²) in [6, 6.07) is 6.25. The summed E-state index contributed by atoms with van der Waals surface area (Å²) in [7, 11) is 0. The van der Waals surface area contributed by atoms with E-state index < -0.39 is 11.9 Å². The lowest BCUT2D eigenvalue weighted by Gasteiger charge is -2.25. The van der Waals surface area contributed by atoms with Crippen molar-refractivity contribution in [1.29, 1.82) is 0 Å². The third-order valence-corrected chi connectivity index (χ3v) is 3.43. The standard InChI is InChI=1S/C14H19FN2O.C2H2O4/c15-12-6-2-3-7-13(12)16-14(18)8-11-17-9-4-1-5-10-17;3-1(4)2(5)6/h2-3,6-7H,1,4-5,8-11H2,(H,16,18);(H,3,4)(H,5,6). The molecular formula is C16H21FN2O5. The zero-order chi connectivity index (χ0) is 17.9. The van der Waals surface area contributed by atoms with Crippen LogP contribution in [-0.4, -0.2) is 52.6 Å². The van der Waals surface area contributed by atoms with Gasteiger partial charge in [-0.3, -0.25) is 4.79 Å². The van der Waals surface area contributed by atoms with Crippen molar-refractivity contribution < 1.29 is 29.0 Å². The monoisotopic (exact) mass is 340 g/mol. The van der Waals surface area contributed by atoms with Crippen molar-refractivity contribution >= 4 is 23.5 Å². The second-order valence-corrected chi connectivity index (χ2v) is 5.29. The Balaban J connectivity index is 0.000000413. The van der Waals surface area contributed by atoms with Gasteiger partial charge in [0.05, 0.1) is 5.69 Å². The number of anilines is 1. The molecule has 1 saturated heterocycles. The maximum atomic E-state index is 13.3. The quantitative estimate of drug-likeness (QED) is 0.722. The molecule has 1 aliphatic heterocycles. The maximum absolute atomic E-state index is 13.3. The molecule has 1 aromatic rings. The van der Waals surface area contributed by atoms with E-state index in [9.17, 15) is 9.18 Å². The highest BCUT2D eigenvalue weighted by atomic mass is 19.1. The molecule has 7 nitrogen and oxygen atoms in total. The van der Waals surface area contributed by atoms with Gasteiger partial charge in [0.15, 0.2) is 0 Å². The number of amides is 1. The van der Waals surface area contributed by atoms with Gasteiger partial charge in [0.1, 0.15) is 5.82 Å². The first kappa shape index (κ1) is 19.6. The largest absolute Gasteiger partial charge is 0.473 e. The predicted molar refractivity (Wildman–Crippen MR) is 85.2 cm³/mol. The topological polar surface area (TPSA) is 107 Å². The Hall–Kier alpha value is -2.48. The lowest BCUT2D eigenvalue weighted by molar-refractivity contribution is -0.159. The van der Waals surface area contributed by atoms with Gasteiger partial charge in [-0.15, -0.1) is 0 Å². The molecule has 0 bridgehead atoms. The molecular weight excluding hydrogens is 319 g/mol. The van der Waals surface area contributed by atoms with Gasteiger partial charge in [-0.1, -0.05) is 18.6 Å². The minimum atomic E-state index is -1.82. The van der Waals surface area contributed by atoms with E-state index in [1.807, 2.05) is 0 Å². The van der Waals surface area contributed by atoms with E-state index >= 15 is 0 Å². The first-order chi connectivity index (χ1) is 11.4. The second kappa shape index (κ2) is 10.3. The van der Waals surface area contributed by atoms with Gasteiger partial charge in [-0.25, -0.2) is 14.0 Å². The molecule has 3 N–H and O–H groups in total. The Bertz CT molecular complexity index is 561. The molecule has 0 atom stereocenters. The second-order valence-electron chi connectivity index (χ2n) is 5.29. The lowest BCUT2D eigenvalue weighted by atomic mass is 10.1. The number of carbonyl (C=O) groups excluding carboxylic acids is 1. The molecule has 1 amide bonds. The molecule has 0 spiro atoms. The van der Waals surface area contributed by atoms with Gasteiger partial charge < -0.3 is 20.4 Å². The number of nitrogens with one attached hydrogen (secondary N) is 1. The summed E-state index contributed by atoms with van der Waals surface area (Å²) < 4.78 is 13.3. The number of aliphatic carboxylic acids is 2. The molecule has 132 valence electrons. The molecule has 0 unspecified atom stereocenters. The van der Waals surface area contributed by atoms with Gasteiger partial charge in [0, 0.05) is 13.0 Å². The Morgan fingerprint density at radius 3 is 2.17 bits per heavy atom. The maximum Gasteiger partial charge on any atom is 0.414 e. The Morgan fingerprint density at radius 2 is 1.62 bits per heavy atom. The average Bonchev–Trinajstić information content (AvgIpc) is 2.56. The number of piperidine rings is 1. The van der Waals surface area contributed by atoms with Crippen molar-refractivity contribution in [3.05, 3.63) is 30.1 Å². The molecule has 1 aliphatic rings. The van der Waals surface area contributed by atoms with Crippen molar-refractivity contribution in [2.24, 2.45) is 0 Å². The van der Waals surface area contributed by atoms with E-state index in [1.165, 1.54) is 25.3 Å². The summed E-state index contributed by atoms with van der Waals surface area (Å²) in [6.07, 6.45) is 4.15. The molecule has 0 aliphatic carbocycles. The van der Waals surface area contributed by atoms with Crippen molar-refractivity contribution in [3.63, 3.8) is 0 Å². The normalized spacial score (nSPS) is 14.2. The molecule has 2 rings (SSSR count). The summed E-state index contributed by atoms with van der Waals surface area (Å²) >= 11 is 0. The fraction of sp³-hybridized carbons (Fsp3) is 0.438. The van der Waals surface area contributed by atoms with Crippen LogP contribution in [0.3, 0.4) is 0 Å². The van der Waals surface area contributed by atoms with Gasteiger partial charge in [-0.2, -0.15) is 0 Å². The molecule has 24 heavy (non-hydrogen) atoms. The Labute approximate surface area is 139 Å². The molecule has 0 aromatic heterocycles. The molecule has 0 radical (unpaired) electrons. The van der Waals surface area contributed by atoms with Crippen LogP contribution in [0.1, 0.15) is 25.7 Å². The van der Waals surface area contributed by atoms with E-state index in [0.717, 1.165) is 19.6 Å². The Kier molecular flexibility index (Phi) is 8.42. The number of carbonyl (C=O) groups is 3. The van der Waals surface area contributed by atoms with E-state index in [2.05, 4.69) is 10.2 Å². The minimum absolute atomic E-state index is 0.120. The number of likely N-dealkylation sites (tertiary alicyclic amines) is 1. The third-order valence-electron chi connectivity index (χ3n) is 3.43. The van der Waals surface area contributed by atoms with Crippen molar-refractivity contribution in [1.82, 2.24) is 4.90 Å². The number of hydrogen-bond acceptors (Lipinski definition) is 4. The highest BCUT2D eigenvalue weighted by Gasteiger charge is 2.12. The van der Waals surface area contributed by atoms with E-state index in [0.29, 0.717) is 6.42 Å². The molecule has 0 saturated carbocycles. The van der Waals surface area contributed by atoms with Crippen LogP contribution in [0.5, 0.6) is 0 Å². The predicted octanol–water partition coefficient (Wildman–Crippen LogP) is 1.80. The van der Waals surface area contributed by atoms with Crippen molar-refractivity contribution in [2.45, 2.75) is 25.7 Å². The molecule has 1 fully saturated rings. The highest BCUT2D eigenvalue weighted by molar-refractivity contribution is 6.27. The lowest BCUT2D eigenvalue weighted by Crippen LogP contribution is -2.32. The van der Waals surface area contributed by atoms with Crippen LogP contribution >= 0.6 is 0 Å². The fourth-order valence-corrected chi connectivity index (χ4v) is 2.22. The summed E-state index contributed by atoms with van der Waals surface area (Å²) in [4.78, 5) is 32.2. The van der Waals surface area contributed by atoms with Crippen LogP contribution in [0.25, 0.3) is 0 Å². The number of benzene rings is 1. The van der Waals surface area contributed by atoms with Crippen LogP contribution in [0, 0.1) is 5.82 Å². The first-order valence-corrected chi connectivity index (χ1v) is 7.63. The third kappa shape index (κ3) is 7.68. The van der Waals surface area contributed by atoms with Crippen molar-refractivity contribution in [2.75, 3.05) is 25.0 Å². The zero-order valence-corrected chi connectivity index (χ0v) is 13.2. The van der Waals surface area contributed by atoms with Gasteiger partial charge >= 0.3 is 11.9 Å². The summed E-state index contributed by atoms with van der Waals surface area (Å²) in [6.45, 7) is 2.92. The number of hydrogen-bond donors (Lipinski definition) is 3. The van der Waals surface area contributed by atoms with E-state index in [-0.39, 0.29) is 17.4 Å². The number of carboxylic acid groups (broad SMARTS) is 2. The summed E-state index contributed by atoms with van der Waals surface area (Å²) in [5.41, 5.74) is 0.265. The average molecular weight is 340 g/mol. The minimum Gasteiger partial charge on any atom is -0.473 e. The SMILES string of the molecule is O=C(CCN1CCCCC1)Nc1ccccc1F.O=C(O)C(=O)O. The van der Waals surface area contributed by atoms with Gasteiger partial charge in [-0.05, 0) is 38.1 Å². The van der Waals surface area contributed by atoms with Gasteiger partial charge in [0.2, 0.25) is 5.91 Å². The summed E-state index contributed by atoms with van der Waals surface area (Å²) in [5.74, 6) is -4.15. The number of para-hydroxylation sites is 1. The van der Waals surface area contributed by atoms with Gasteiger partial charge in [0.25, 0.3) is 0 Å². The number of rotatable bonds is 4. The fourth-order valence-electron chi connectivity index (χ4n) is 2.22.